The van der Waals surface area contributed by atoms with Crippen LogP contribution in [0, 0.1) is 22.2 Å². The van der Waals surface area contributed by atoms with E-state index in [1.807, 2.05) is 24.3 Å². The van der Waals surface area contributed by atoms with E-state index in [9.17, 15) is 29.2 Å². The first-order chi connectivity index (χ1) is 27.6. The molecule has 3 aromatic carbocycles. The number of hydrogen-bond donors (Lipinski definition) is 2. The van der Waals surface area contributed by atoms with E-state index in [1.54, 1.807) is 36.4 Å². The van der Waals surface area contributed by atoms with Crippen molar-refractivity contribution in [3.05, 3.63) is 87.9 Å². The van der Waals surface area contributed by atoms with Gasteiger partial charge in [-0.15, -0.1) is 0 Å². The molecule has 4 fully saturated rings. The summed E-state index contributed by atoms with van der Waals surface area (Å²) >= 11 is 6.25. The van der Waals surface area contributed by atoms with Gasteiger partial charge in [-0.2, -0.15) is 5.26 Å². The van der Waals surface area contributed by atoms with Crippen molar-refractivity contribution in [3.63, 3.8) is 0 Å². The first-order valence-corrected chi connectivity index (χ1v) is 20.3. The molecule has 2 saturated heterocycles. The number of nitrogens with zero attached hydrogens (tertiary/aromatic N) is 4. The molecule has 14 heteroatoms. The van der Waals surface area contributed by atoms with E-state index in [2.05, 4.69) is 54.2 Å². The summed E-state index contributed by atoms with van der Waals surface area (Å²) in [6.45, 7) is 11.9. The second-order valence-corrected chi connectivity index (χ2v) is 17.6. The number of benzene rings is 3. The highest BCUT2D eigenvalue weighted by atomic mass is 35.5. The van der Waals surface area contributed by atoms with Crippen molar-refractivity contribution in [2.45, 2.75) is 90.1 Å². The number of carbonyl (C=O) groups is 5. The number of imide groups is 2. The summed E-state index contributed by atoms with van der Waals surface area (Å²) in [5, 5.41) is 15.1. The number of fused-ring (bicyclic) bond motifs is 1. The zero-order valence-electron chi connectivity index (χ0n) is 33.0. The van der Waals surface area contributed by atoms with Gasteiger partial charge in [-0.05, 0) is 80.3 Å². The van der Waals surface area contributed by atoms with Gasteiger partial charge in [0, 0.05) is 72.8 Å². The fraction of sp³-hybridized carbons (Fsp3) is 0.455. The lowest BCUT2D eigenvalue weighted by molar-refractivity contribution is -0.164. The van der Waals surface area contributed by atoms with Crippen molar-refractivity contribution < 1.29 is 33.4 Å². The van der Waals surface area contributed by atoms with Gasteiger partial charge in [0.2, 0.25) is 11.8 Å². The third-order valence-electron chi connectivity index (χ3n) is 12.8. The van der Waals surface area contributed by atoms with E-state index in [1.165, 1.54) is 0 Å². The molecule has 5 aliphatic rings. The molecule has 3 atom stereocenters. The van der Waals surface area contributed by atoms with Crippen LogP contribution < -0.4 is 25.0 Å². The quantitative estimate of drug-likeness (QED) is 0.270. The van der Waals surface area contributed by atoms with Crippen molar-refractivity contribution >= 4 is 46.8 Å². The van der Waals surface area contributed by atoms with Gasteiger partial charge < -0.3 is 19.7 Å². The Morgan fingerprint density at radius 1 is 0.845 bits per heavy atom. The highest BCUT2D eigenvalue weighted by Crippen LogP contribution is 2.55. The van der Waals surface area contributed by atoms with Crippen molar-refractivity contribution in [3.8, 4) is 17.6 Å². The van der Waals surface area contributed by atoms with E-state index in [-0.39, 0.29) is 59.0 Å². The Labute approximate surface area is 342 Å². The number of halogens is 1. The lowest BCUT2D eigenvalue weighted by Gasteiger charge is -2.63. The lowest BCUT2D eigenvalue weighted by atomic mass is 9.49. The molecular formula is C44H47ClN6O7. The maximum Gasteiger partial charge on any atom is 0.262 e. The van der Waals surface area contributed by atoms with Gasteiger partial charge in [0.25, 0.3) is 17.7 Å². The number of amides is 5. The van der Waals surface area contributed by atoms with Gasteiger partial charge in [-0.1, -0.05) is 39.3 Å². The lowest BCUT2D eigenvalue weighted by Crippen LogP contribution is -2.74. The molecule has 3 heterocycles. The summed E-state index contributed by atoms with van der Waals surface area (Å²) in [7, 11) is 0. The maximum atomic E-state index is 13.5. The van der Waals surface area contributed by atoms with Crippen molar-refractivity contribution in [1.82, 2.24) is 20.4 Å². The molecule has 0 radical (unpaired) electrons. The van der Waals surface area contributed by atoms with Crippen LogP contribution >= 0.6 is 11.6 Å². The molecule has 3 aromatic rings. The largest absolute Gasteiger partial charge is 0.490 e. The average Bonchev–Trinajstić information content (AvgIpc) is 3.77. The van der Waals surface area contributed by atoms with Gasteiger partial charge in [0.05, 0.1) is 21.7 Å². The summed E-state index contributed by atoms with van der Waals surface area (Å²) in [5.41, 5.74) is 1.78. The number of rotatable bonds is 9. The first kappa shape index (κ1) is 39.4. The van der Waals surface area contributed by atoms with Crippen LogP contribution in [0.4, 0.5) is 5.69 Å². The highest BCUT2D eigenvalue weighted by Gasteiger charge is 2.64. The Kier molecular flexibility index (Phi) is 10.2. The highest BCUT2D eigenvalue weighted by molar-refractivity contribution is 6.31. The molecule has 0 spiro atoms. The molecule has 2 N–H and O–H groups in total. The minimum Gasteiger partial charge on any atom is -0.490 e. The summed E-state index contributed by atoms with van der Waals surface area (Å²) < 4.78 is 12.7. The third-order valence-corrected chi connectivity index (χ3v) is 13.1. The van der Waals surface area contributed by atoms with Crippen LogP contribution in [-0.4, -0.2) is 95.8 Å². The molecular weight excluding hydrogens is 760 g/mol. The number of piperazine rings is 1. The number of nitriles is 1. The molecule has 58 heavy (non-hydrogen) atoms. The fourth-order valence-corrected chi connectivity index (χ4v) is 10.3. The van der Waals surface area contributed by atoms with Gasteiger partial charge >= 0.3 is 0 Å². The van der Waals surface area contributed by atoms with Crippen LogP contribution in [0.3, 0.4) is 0 Å². The molecule has 13 nitrogen and oxygen atoms in total. The number of ether oxygens (including phenoxy) is 2. The molecule has 2 aliphatic carbocycles. The molecule has 8 rings (SSSR count). The van der Waals surface area contributed by atoms with Crippen molar-refractivity contribution in [1.29, 1.82) is 5.26 Å². The number of piperidine rings is 1. The van der Waals surface area contributed by atoms with Crippen LogP contribution in [-0.2, 0) is 9.59 Å². The van der Waals surface area contributed by atoms with Crippen LogP contribution in [0.1, 0.15) is 96.4 Å². The summed E-state index contributed by atoms with van der Waals surface area (Å²) in [6.07, 6.45) is 2.67. The Morgan fingerprint density at radius 3 is 2.19 bits per heavy atom. The Balaban J connectivity index is 0.810. The molecule has 0 bridgehead atoms. The second kappa shape index (κ2) is 15.1. The molecule has 5 amide bonds. The Hall–Kier alpha value is -5.45. The van der Waals surface area contributed by atoms with E-state index >= 15 is 0 Å². The third kappa shape index (κ3) is 7.06. The first-order valence-electron chi connectivity index (χ1n) is 19.9. The molecule has 0 aromatic heterocycles. The topological polar surface area (TPSA) is 161 Å². The Bertz CT molecular complexity index is 2210. The molecule has 1 unspecified atom stereocenters. The van der Waals surface area contributed by atoms with Crippen LogP contribution in [0.2, 0.25) is 5.02 Å². The van der Waals surface area contributed by atoms with Crippen LogP contribution in [0.15, 0.2) is 60.7 Å². The Morgan fingerprint density at radius 2 is 1.52 bits per heavy atom. The van der Waals surface area contributed by atoms with Crippen molar-refractivity contribution in [2.24, 2.45) is 10.8 Å². The van der Waals surface area contributed by atoms with E-state index < -0.39 is 29.7 Å². The van der Waals surface area contributed by atoms with Gasteiger partial charge in [-0.3, -0.25) is 39.1 Å². The minimum atomic E-state index is -1.01. The number of hydrogen-bond acceptors (Lipinski definition) is 10. The summed E-state index contributed by atoms with van der Waals surface area (Å²) in [5.74, 6) is -1.15. The summed E-state index contributed by atoms with van der Waals surface area (Å²) in [6, 6.07) is 19.0. The van der Waals surface area contributed by atoms with E-state index in [0.29, 0.717) is 33.7 Å². The minimum absolute atomic E-state index is 0.0330. The van der Waals surface area contributed by atoms with Crippen molar-refractivity contribution in [2.75, 3.05) is 31.1 Å². The predicted molar refractivity (Wildman–Crippen MR) is 215 cm³/mol. The smallest absolute Gasteiger partial charge is 0.262 e. The van der Waals surface area contributed by atoms with Crippen LogP contribution in [0.25, 0.3) is 0 Å². The number of anilines is 1. The zero-order valence-corrected chi connectivity index (χ0v) is 33.8. The SMILES string of the molecule is CC1(C)C(NC(=O)c2ccc(N3CCN([C@@H]4CC[C@H](Oc5ccc6c(c5)C(=O)N(C5CCC(=O)NC5=O)C6=O)C4)CC3)cc2)C(C)(C)C1Oc1ccc(C#N)c(Cl)c1. The second-order valence-electron chi connectivity index (χ2n) is 17.2. The standard InChI is InChI=1S/C44H47ClN6O7/c1-43(2)41(44(3,4)42(43)58-31-11-7-26(24-46)34(45)23-31)48-37(53)25-5-8-27(9-6-25)49-17-19-50(20-18-49)28-10-12-29(21-28)57-30-13-14-32-33(22-30)40(56)51(39(32)55)35-15-16-36(52)47-38(35)54/h5-9,11,13-14,22-23,28-29,35,41-42H,10,12,15-21H2,1-4H3,(H,48,53)(H,47,52,54)/t28-,29+,35?,41?,42?/m1/s1. The number of nitrogens with one attached hydrogen (secondary N) is 2. The predicted octanol–water partition coefficient (Wildman–Crippen LogP) is 5.35. The molecule has 3 aliphatic heterocycles. The zero-order chi connectivity index (χ0) is 41.1. The monoisotopic (exact) mass is 806 g/mol. The van der Waals surface area contributed by atoms with E-state index in [4.69, 9.17) is 21.1 Å². The van der Waals surface area contributed by atoms with Crippen LogP contribution in [0.5, 0.6) is 11.5 Å². The summed E-state index contributed by atoms with van der Waals surface area (Å²) in [4.78, 5) is 69.7. The fourth-order valence-electron chi connectivity index (χ4n) is 10.1. The normalized spacial score (nSPS) is 26.4. The average molecular weight is 807 g/mol. The van der Waals surface area contributed by atoms with Gasteiger partial charge in [0.1, 0.15) is 35.8 Å². The van der Waals surface area contributed by atoms with Gasteiger partial charge in [-0.25, -0.2) is 0 Å². The molecule has 2 saturated carbocycles. The maximum absolute atomic E-state index is 13.5. The van der Waals surface area contributed by atoms with E-state index in [0.717, 1.165) is 56.0 Å². The van der Waals surface area contributed by atoms with Gasteiger partial charge in [0.15, 0.2) is 0 Å². The molecule has 302 valence electrons. The number of carbonyl (C=O) groups excluding carboxylic acids is 5.